The summed E-state index contributed by atoms with van der Waals surface area (Å²) in [6.07, 6.45) is 5.16. The summed E-state index contributed by atoms with van der Waals surface area (Å²) in [4.78, 5) is 0. The summed E-state index contributed by atoms with van der Waals surface area (Å²) in [6.45, 7) is 6.75. The van der Waals surface area contributed by atoms with Crippen molar-refractivity contribution < 1.29 is 0 Å². The SMILES string of the molecule is CC1(C)CCCC[C@@]1(C)N. The first-order valence-electron chi connectivity index (χ1n) is 4.25. The standard InChI is InChI=1S/C9H19N/c1-8(2)6-4-5-7-9(8,3)10/h4-7,10H2,1-3H3/t9-/m1/s1. The molecule has 1 atom stereocenters. The fourth-order valence-electron chi connectivity index (χ4n) is 1.68. The molecule has 1 saturated carbocycles. The van der Waals surface area contributed by atoms with Gasteiger partial charge in [0.05, 0.1) is 0 Å². The lowest BCUT2D eigenvalue weighted by Gasteiger charge is -2.45. The smallest absolute Gasteiger partial charge is 0.0177 e. The second-order valence-electron chi connectivity index (χ2n) is 4.51. The molecule has 1 aliphatic rings. The lowest BCUT2D eigenvalue weighted by molar-refractivity contribution is 0.116. The van der Waals surface area contributed by atoms with E-state index >= 15 is 0 Å². The maximum Gasteiger partial charge on any atom is 0.0177 e. The molecule has 2 N–H and O–H groups in total. The van der Waals surface area contributed by atoms with Gasteiger partial charge in [-0.25, -0.2) is 0 Å². The van der Waals surface area contributed by atoms with Crippen LogP contribution in [-0.4, -0.2) is 5.54 Å². The highest BCUT2D eigenvalue weighted by molar-refractivity contribution is 4.96. The van der Waals surface area contributed by atoms with E-state index in [2.05, 4.69) is 20.8 Å². The molecule has 0 radical (unpaired) electrons. The third kappa shape index (κ3) is 1.20. The van der Waals surface area contributed by atoms with E-state index in [9.17, 15) is 0 Å². The van der Waals surface area contributed by atoms with Crippen molar-refractivity contribution in [3.05, 3.63) is 0 Å². The molecule has 0 saturated heterocycles. The highest BCUT2D eigenvalue weighted by Gasteiger charge is 2.39. The van der Waals surface area contributed by atoms with Crippen LogP contribution < -0.4 is 5.73 Å². The van der Waals surface area contributed by atoms with Gasteiger partial charge in [-0.15, -0.1) is 0 Å². The van der Waals surface area contributed by atoms with E-state index in [1.807, 2.05) is 0 Å². The molecule has 1 fully saturated rings. The van der Waals surface area contributed by atoms with Crippen LogP contribution >= 0.6 is 0 Å². The number of hydrogen-bond donors (Lipinski definition) is 1. The van der Waals surface area contributed by atoms with Crippen LogP contribution in [0.3, 0.4) is 0 Å². The predicted molar refractivity (Wildman–Crippen MR) is 44.8 cm³/mol. The second-order valence-corrected chi connectivity index (χ2v) is 4.51. The molecular weight excluding hydrogens is 122 g/mol. The van der Waals surface area contributed by atoms with E-state index in [0.29, 0.717) is 5.41 Å². The molecule has 1 rings (SSSR count). The van der Waals surface area contributed by atoms with E-state index < -0.39 is 0 Å². The van der Waals surface area contributed by atoms with Gasteiger partial charge in [-0.2, -0.15) is 0 Å². The molecule has 1 heteroatoms. The fourth-order valence-corrected chi connectivity index (χ4v) is 1.68. The van der Waals surface area contributed by atoms with E-state index in [4.69, 9.17) is 5.73 Å². The molecule has 0 aromatic rings. The van der Waals surface area contributed by atoms with Gasteiger partial charge in [-0.05, 0) is 25.2 Å². The van der Waals surface area contributed by atoms with Gasteiger partial charge in [0.15, 0.2) is 0 Å². The van der Waals surface area contributed by atoms with Crippen LogP contribution in [0.5, 0.6) is 0 Å². The summed E-state index contributed by atoms with van der Waals surface area (Å²) >= 11 is 0. The predicted octanol–water partition coefficient (Wildman–Crippen LogP) is 2.30. The van der Waals surface area contributed by atoms with Crippen LogP contribution in [-0.2, 0) is 0 Å². The second kappa shape index (κ2) is 2.23. The third-order valence-electron chi connectivity index (χ3n) is 3.29. The summed E-state index contributed by atoms with van der Waals surface area (Å²) in [6, 6.07) is 0. The minimum Gasteiger partial charge on any atom is -0.325 e. The van der Waals surface area contributed by atoms with Gasteiger partial charge >= 0.3 is 0 Å². The van der Waals surface area contributed by atoms with Crippen LogP contribution in [0.15, 0.2) is 0 Å². The minimum absolute atomic E-state index is 0.0747. The van der Waals surface area contributed by atoms with Crippen molar-refractivity contribution >= 4 is 0 Å². The minimum atomic E-state index is 0.0747. The van der Waals surface area contributed by atoms with E-state index in [1.54, 1.807) is 0 Å². The van der Waals surface area contributed by atoms with E-state index in [0.717, 1.165) is 0 Å². The molecule has 0 aromatic heterocycles. The molecule has 0 spiro atoms. The Labute approximate surface area is 64.0 Å². The van der Waals surface area contributed by atoms with Crippen molar-refractivity contribution in [3.8, 4) is 0 Å². The summed E-state index contributed by atoms with van der Waals surface area (Å²) in [5.41, 5.74) is 6.58. The van der Waals surface area contributed by atoms with Gasteiger partial charge in [0.1, 0.15) is 0 Å². The van der Waals surface area contributed by atoms with Gasteiger partial charge in [0, 0.05) is 5.54 Å². The van der Waals surface area contributed by atoms with Crippen LogP contribution in [0.25, 0.3) is 0 Å². The maximum atomic E-state index is 6.16. The zero-order valence-corrected chi connectivity index (χ0v) is 7.41. The van der Waals surface area contributed by atoms with E-state index in [-0.39, 0.29) is 5.54 Å². The average molecular weight is 141 g/mol. The maximum absolute atomic E-state index is 6.16. The fraction of sp³-hybridized carbons (Fsp3) is 1.00. The van der Waals surface area contributed by atoms with Crippen LogP contribution in [0, 0.1) is 5.41 Å². The Morgan fingerprint density at radius 1 is 1.00 bits per heavy atom. The summed E-state index contributed by atoms with van der Waals surface area (Å²) in [7, 11) is 0. The van der Waals surface area contributed by atoms with Crippen molar-refractivity contribution in [2.45, 2.75) is 52.0 Å². The Morgan fingerprint density at radius 3 is 1.80 bits per heavy atom. The van der Waals surface area contributed by atoms with Crippen molar-refractivity contribution in [1.82, 2.24) is 0 Å². The van der Waals surface area contributed by atoms with Gasteiger partial charge < -0.3 is 5.73 Å². The van der Waals surface area contributed by atoms with Gasteiger partial charge in [-0.1, -0.05) is 26.7 Å². The number of hydrogen-bond acceptors (Lipinski definition) is 1. The largest absolute Gasteiger partial charge is 0.325 e. The monoisotopic (exact) mass is 141 g/mol. The molecule has 1 aliphatic carbocycles. The zero-order chi connectivity index (χ0) is 7.83. The molecule has 10 heavy (non-hydrogen) atoms. The van der Waals surface area contributed by atoms with Crippen molar-refractivity contribution in [1.29, 1.82) is 0 Å². The van der Waals surface area contributed by atoms with Crippen molar-refractivity contribution in [2.75, 3.05) is 0 Å². The molecule has 0 aromatic carbocycles. The summed E-state index contributed by atoms with van der Waals surface area (Å²) in [5, 5.41) is 0. The van der Waals surface area contributed by atoms with Crippen LogP contribution in [0.1, 0.15) is 46.5 Å². The van der Waals surface area contributed by atoms with Gasteiger partial charge in [0.2, 0.25) is 0 Å². The first kappa shape index (κ1) is 8.06. The first-order chi connectivity index (χ1) is 4.46. The Balaban J connectivity index is 2.70. The number of rotatable bonds is 0. The molecular formula is C9H19N. The van der Waals surface area contributed by atoms with Gasteiger partial charge in [0.25, 0.3) is 0 Å². The lowest BCUT2D eigenvalue weighted by atomic mass is 9.65. The molecule has 0 bridgehead atoms. The molecule has 60 valence electrons. The van der Waals surface area contributed by atoms with E-state index in [1.165, 1.54) is 25.7 Å². The number of nitrogens with two attached hydrogens (primary N) is 1. The van der Waals surface area contributed by atoms with Crippen LogP contribution in [0.4, 0.5) is 0 Å². The Kier molecular flexibility index (Phi) is 1.80. The summed E-state index contributed by atoms with van der Waals surface area (Å²) < 4.78 is 0. The Bertz CT molecular complexity index is 109. The normalized spacial score (nSPS) is 39.6. The molecule has 0 aliphatic heterocycles. The van der Waals surface area contributed by atoms with Crippen molar-refractivity contribution in [3.63, 3.8) is 0 Å². The topological polar surface area (TPSA) is 26.0 Å². The Hall–Kier alpha value is -0.0400. The average Bonchev–Trinajstić information content (AvgIpc) is 1.77. The highest BCUT2D eigenvalue weighted by Crippen LogP contribution is 2.41. The van der Waals surface area contributed by atoms with Crippen molar-refractivity contribution in [2.24, 2.45) is 11.1 Å². The van der Waals surface area contributed by atoms with Gasteiger partial charge in [-0.3, -0.25) is 0 Å². The highest BCUT2D eigenvalue weighted by atomic mass is 14.8. The molecule has 0 amide bonds. The summed E-state index contributed by atoms with van der Waals surface area (Å²) in [5.74, 6) is 0. The van der Waals surface area contributed by atoms with Crippen LogP contribution in [0.2, 0.25) is 0 Å². The zero-order valence-electron chi connectivity index (χ0n) is 7.41. The molecule has 0 heterocycles. The third-order valence-corrected chi connectivity index (χ3v) is 3.29. The molecule has 1 nitrogen and oxygen atoms in total. The first-order valence-corrected chi connectivity index (χ1v) is 4.25. The lowest BCUT2D eigenvalue weighted by Crippen LogP contribution is -2.51. The Morgan fingerprint density at radius 2 is 1.50 bits per heavy atom. The quantitative estimate of drug-likeness (QED) is 0.550. The molecule has 0 unspecified atom stereocenters.